The number of carbonyl (C=O) groups excluding carboxylic acids is 1. The van der Waals surface area contributed by atoms with Crippen LogP contribution in [0, 0.1) is 18.6 Å². The smallest absolute Gasteiger partial charge is 0.253 e. The number of aryl methyl sites for hydroxylation is 1. The van der Waals surface area contributed by atoms with Crippen LogP contribution in [0.15, 0.2) is 36.4 Å². The largest absolute Gasteiger partial charge is 0.398 e. The molecule has 2 rings (SSSR count). The minimum atomic E-state index is -0.692. The topological polar surface area (TPSA) is 55.1 Å². The second-order valence-corrected chi connectivity index (χ2v) is 4.46. The van der Waals surface area contributed by atoms with Crippen LogP contribution in [-0.2, 0) is 6.54 Å². The summed E-state index contributed by atoms with van der Waals surface area (Å²) in [5.74, 6) is -1.73. The van der Waals surface area contributed by atoms with Gasteiger partial charge in [-0.1, -0.05) is 18.2 Å². The summed E-state index contributed by atoms with van der Waals surface area (Å²) in [5, 5.41) is 2.58. The lowest BCUT2D eigenvalue weighted by atomic mass is 10.1. The molecule has 0 aromatic heterocycles. The summed E-state index contributed by atoms with van der Waals surface area (Å²) in [5.41, 5.74) is 7.44. The number of halogens is 2. The molecule has 20 heavy (non-hydrogen) atoms. The van der Waals surface area contributed by atoms with Gasteiger partial charge < -0.3 is 11.1 Å². The van der Waals surface area contributed by atoms with Crippen LogP contribution in [0.1, 0.15) is 21.5 Å². The zero-order valence-electron chi connectivity index (χ0n) is 10.9. The van der Waals surface area contributed by atoms with E-state index in [0.29, 0.717) is 11.3 Å². The first-order valence-electron chi connectivity index (χ1n) is 6.06. The van der Waals surface area contributed by atoms with Crippen LogP contribution in [0.2, 0.25) is 0 Å². The van der Waals surface area contributed by atoms with Gasteiger partial charge in [-0.25, -0.2) is 8.78 Å². The molecule has 5 heteroatoms. The first-order valence-corrected chi connectivity index (χ1v) is 6.06. The normalized spacial score (nSPS) is 10.3. The molecule has 0 unspecified atom stereocenters. The van der Waals surface area contributed by atoms with Crippen molar-refractivity contribution in [1.29, 1.82) is 0 Å². The average molecular weight is 276 g/mol. The number of amides is 1. The highest BCUT2D eigenvalue weighted by Crippen LogP contribution is 2.16. The molecular formula is C15H14F2N2O. The summed E-state index contributed by atoms with van der Waals surface area (Å²) in [6, 6.07) is 8.37. The van der Waals surface area contributed by atoms with Crippen LogP contribution < -0.4 is 11.1 Å². The molecule has 1 amide bonds. The molecule has 104 valence electrons. The maximum atomic E-state index is 13.4. The van der Waals surface area contributed by atoms with Crippen LogP contribution in [-0.4, -0.2) is 5.91 Å². The van der Waals surface area contributed by atoms with Gasteiger partial charge in [0.2, 0.25) is 0 Å². The Labute approximate surface area is 115 Å². The van der Waals surface area contributed by atoms with Crippen LogP contribution in [0.25, 0.3) is 0 Å². The van der Waals surface area contributed by atoms with E-state index < -0.39 is 11.6 Å². The second kappa shape index (κ2) is 5.69. The molecule has 3 N–H and O–H groups in total. The van der Waals surface area contributed by atoms with Crippen molar-refractivity contribution in [3.63, 3.8) is 0 Å². The van der Waals surface area contributed by atoms with E-state index in [2.05, 4.69) is 5.32 Å². The van der Waals surface area contributed by atoms with E-state index in [0.717, 1.165) is 17.7 Å². The maximum absolute atomic E-state index is 13.4. The van der Waals surface area contributed by atoms with Crippen molar-refractivity contribution in [2.45, 2.75) is 13.5 Å². The van der Waals surface area contributed by atoms with Crippen LogP contribution in [0.4, 0.5) is 14.5 Å². The molecule has 0 spiro atoms. The van der Waals surface area contributed by atoms with Crippen molar-refractivity contribution < 1.29 is 13.6 Å². The quantitative estimate of drug-likeness (QED) is 0.847. The van der Waals surface area contributed by atoms with Gasteiger partial charge in [-0.3, -0.25) is 4.79 Å². The number of hydrogen-bond donors (Lipinski definition) is 2. The molecule has 0 fully saturated rings. The number of benzene rings is 2. The van der Waals surface area contributed by atoms with E-state index >= 15 is 0 Å². The second-order valence-electron chi connectivity index (χ2n) is 4.46. The molecular weight excluding hydrogens is 262 g/mol. The third-order valence-corrected chi connectivity index (χ3v) is 2.99. The number of nitrogens with one attached hydrogen (secondary N) is 1. The highest BCUT2D eigenvalue weighted by molar-refractivity contribution is 6.00. The summed E-state index contributed by atoms with van der Waals surface area (Å²) in [6.45, 7) is 1.74. The number of anilines is 1. The molecule has 2 aromatic rings. The van der Waals surface area contributed by atoms with E-state index in [9.17, 15) is 13.6 Å². The van der Waals surface area contributed by atoms with E-state index in [1.54, 1.807) is 25.1 Å². The average Bonchev–Trinajstić information content (AvgIpc) is 2.37. The molecule has 0 radical (unpaired) electrons. The molecule has 0 aliphatic heterocycles. The number of rotatable bonds is 3. The third-order valence-electron chi connectivity index (χ3n) is 2.99. The molecule has 0 saturated heterocycles. The van der Waals surface area contributed by atoms with E-state index in [1.807, 2.05) is 0 Å². The Morgan fingerprint density at radius 1 is 1.25 bits per heavy atom. The van der Waals surface area contributed by atoms with Crippen LogP contribution in [0.3, 0.4) is 0 Å². The van der Waals surface area contributed by atoms with Crippen molar-refractivity contribution >= 4 is 11.6 Å². The number of nitrogens with two attached hydrogens (primary N) is 1. The number of hydrogen-bond acceptors (Lipinski definition) is 2. The molecule has 0 aliphatic rings. The Bertz CT molecular complexity index is 636. The first-order chi connectivity index (χ1) is 9.49. The molecule has 3 nitrogen and oxygen atoms in total. The first kappa shape index (κ1) is 14.0. The van der Waals surface area contributed by atoms with Gasteiger partial charge in [-0.2, -0.15) is 0 Å². The molecule has 2 aromatic carbocycles. The Morgan fingerprint density at radius 2 is 2.00 bits per heavy atom. The Balaban J connectivity index is 2.13. The lowest BCUT2D eigenvalue weighted by molar-refractivity contribution is 0.0951. The number of carbonyl (C=O) groups is 1. The van der Waals surface area contributed by atoms with Gasteiger partial charge >= 0.3 is 0 Å². The third kappa shape index (κ3) is 2.93. The van der Waals surface area contributed by atoms with Crippen molar-refractivity contribution in [1.82, 2.24) is 5.32 Å². The standard InChI is InChI=1S/C15H14F2N2O/c1-9-3-2-4-13(18)14(9)15(20)19-8-10-5-6-11(16)7-12(10)17/h2-7H,8,18H2,1H3,(H,19,20). The van der Waals surface area contributed by atoms with Crippen LogP contribution >= 0.6 is 0 Å². The van der Waals surface area contributed by atoms with Gasteiger partial charge in [0.25, 0.3) is 5.91 Å². The molecule has 0 saturated carbocycles. The van der Waals surface area contributed by atoms with Crippen molar-refractivity contribution in [2.75, 3.05) is 5.73 Å². The lowest BCUT2D eigenvalue weighted by Gasteiger charge is -2.10. The molecule has 0 bridgehead atoms. The fourth-order valence-corrected chi connectivity index (χ4v) is 1.93. The van der Waals surface area contributed by atoms with Crippen LogP contribution in [0.5, 0.6) is 0 Å². The fraction of sp³-hybridized carbons (Fsp3) is 0.133. The van der Waals surface area contributed by atoms with Gasteiger partial charge in [0, 0.05) is 23.9 Å². The van der Waals surface area contributed by atoms with E-state index in [1.165, 1.54) is 6.07 Å². The summed E-state index contributed by atoms with van der Waals surface area (Å²) in [4.78, 5) is 12.1. The van der Waals surface area contributed by atoms with Crippen molar-refractivity contribution in [2.24, 2.45) is 0 Å². The predicted octanol–water partition coefficient (Wildman–Crippen LogP) is 2.79. The van der Waals surface area contributed by atoms with Gasteiger partial charge in [0.1, 0.15) is 11.6 Å². The van der Waals surface area contributed by atoms with Gasteiger partial charge in [0.05, 0.1) is 5.56 Å². The monoisotopic (exact) mass is 276 g/mol. The summed E-state index contributed by atoms with van der Waals surface area (Å²) < 4.78 is 26.2. The van der Waals surface area contributed by atoms with Gasteiger partial charge in [0.15, 0.2) is 0 Å². The van der Waals surface area contributed by atoms with Gasteiger partial charge in [-0.15, -0.1) is 0 Å². The summed E-state index contributed by atoms with van der Waals surface area (Å²) in [6.07, 6.45) is 0. The molecule has 0 heterocycles. The minimum Gasteiger partial charge on any atom is -0.398 e. The highest BCUT2D eigenvalue weighted by Gasteiger charge is 2.13. The maximum Gasteiger partial charge on any atom is 0.253 e. The van der Waals surface area contributed by atoms with Crippen molar-refractivity contribution in [3.05, 3.63) is 64.7 Å². The Morgan fingerprint density at radius 3 is 2.65 bits per heavy atom. The highest BCUT2D eigenvalue weighted by atomic mass is 19.1. The Hall–Kier alpha value is -2.43. The minimum absolute atomic E-state index is 0.0290. The SMILES string of the molecule is Cc1cccc(N)c1C(=O)NCc1ccc(F)cc1F. The summed E-state index contributed by atoms with van der Waals surface area (Å²) in [7, 11) is 0. The number of nitrogen functional groups attached to an aromatic ring is 1. The van der Waals surface area contributed by atoms with E-state index in [4.69, 9.17) is 5.73 Å². The zero-order chi connectivity index (χ0) is 14.7. The Kier molecular flexibility index (Phi) is 3.98. The molecule has 0 aliphatic carbocycles. The predicted molar refractivity (Wildman–Crippen MR) is 73.1 cm³/mol. The zero-order valence-corrected chi connectivity index (χ0v) is 10.9. The molecule has 0 atom stereocenters. The van der Waals surface area contributed by atoms with Crippen molar-refractivity contribution in [3.8, 4) is 0 Å². The van der Waals surface area contributed by atoms with E-state index in [-0.39, 0.29) is 18.0 Å². The summed E-state index contributed by atoms with van der Waals surface area (Å²) >= 11 is 0. The van der Waals surface area contributed by atoms with Gasteiger partial charge in [-0.05, 0) is 24.6 Å². The lowest BCUT2D eigenvalue weighted by Crippen LogP contribution is -2.25. The fourth-order valence-electron chi connectivity index (χ4n) is 1.93.